The van der Waals surface area contributed by atoms with Crippen LogP contribution in [0.15, 0.2) is 36.9 Å². The Labute approximate surface area is 104 Å². The largest absolute Gasteiger partial charge is 0.308 e. The quantitative estimate of drug-likeness (QED) is 0.726. The molecule has 1 N–H and O–H groups in total. The molecule has 0 aliphatic carbocycles. The number of nitrogens with one attached hydrogen (secondary N) is 1. The Hall–Kier alpha value is -0.790. The number of benzene rings is 1. The molecule has 0 heterocycles. The van der Waals surface area contributed by atoms with Gasteiger partial charge in [-0.3, -0.25) is 0 Å². The van der Waals surface area contributed by atoms with Crippen LogP contribution < -0.4 is 5.32 Å². The van der Waals surface area contributed by atoms with E-state index in [1.165, 1.54) is 5.56 Å². The van der Waals surface area contributed by atoms with Gasteiger partial charge in [0.1, 0.15) is 0 Å². The zero-order valence-corrected chi connectivity index (χ0v) is 10.8. The topological polar surface area (TPSA) is 12.0 Å². The van der Waals surface area contributed by atoms with E-state index in [0.717, 1.165) is 17.9 Å². The molecule has 0 bridgehead atoms. The van der Waals surface area contributed by atoms with Crippen LogP contribution in [0, 0.1) is 0 Å². The molecule has 88 valence electrons. The number of rotatable bonds is 6. The zero-order valence-electron chi connectivity index (χ0n) is 10.0. The molecule has 1 rings (SSSR count). The van der Waals surface area contributed by atoms with Crippen molar-refractivity contribution in [1.29, 1.82) is 0 Å². The molecule has 1 aromatic rings. The van der Waals surface area contributed by atoms with Crippen molar-refractivity contribution in [2.24, 2.45) is 0 Å². The first kappa shape index (κ1) is 13.3. The van der Waals surface area contributed by atoms with Gasteiger partial charge in [0, 0.05) is 17.1 Å². The predicted molar refractivity (Wildman–Crippen MR) is 71.9 cm³/mol. The van der Waals surface area contributed by atoms with Crippen LogP contribution in [0.3, 0.4) is 0 Å². The van der Waals surface area contributed by atoms with E-state index in [1.54, 1.807) is 0 Å². The van der Waals surface area contributed by atoms with Crippen molar-refractivity contribution in [3.05, 3.63) is 47.5 Å². The highest BCUT2D eigenvalue weighted by Crippen LogP contribution is 2.18. The lowest BCUT2D eigenvalue weighted by atomic mass is 10.1. The zero-order chi connectivity index (χ0) is 12.0. The molecule has 16 heavy (non-hydrogen) atoms. The molecule has 0 saturated carbocycles. The highest BCUT2D eigenvalue weighted by Gasteiger charge is 2.08. The Morgan fingerprint density at radius 2 is 2.19 bits per heavy atom. The Morgan fingerprint density at radius 3 is 2.81 bits per heavy atom. The molecular weight excluding hydrogens is 218 g/mol. The maximum absolute atomic E-state index is 5.97. The van der Waals surface area contributed by atoms with Crippen molar-refractivity contribution in [1.82, 2.24) is 5.32 Å². The van der Waals surface area contributed by atoms with Crippen LogP contribution in [0.2, 0.25) is 5.02 Å². The first-order chi connectivity index (χ1) is 7.63. The van der Waals surface area contributed by atoms with E-state index in [9.17, 15) is 0 Å². The minimum Gasteiger partial charge on any atom is -0.308 e. The first-order valence-electron chi connectivity index (χ1n) is 5.76. The van der Waals surface area contributed by atoms with Crippen molar-refractivity contribution in [2.45, 2.75) is 38.8 Å². The third-order valence-corrected chi connectivity index (χ3v) is 2.92. The first-order valence-corrected chi connectivity index (χ1v) is 6.13. The number of allylic oxidation sites excluding steroid dienone is 1. The minimum atomic E-state index is 0.332. The van der Waals surface area contributed by atoms with Crippen LogP contribution in [0.1, 0.15) is 38.3 Å². The van der Waals surface area contributed by atoms with Gasteiger partial charge in [0.15, 0.2) is 0 Å². The summed E-state index contributed by atoms with van der Waals surface area (Å²) >= 11 is 5.97. The van der Waals surface area contributed by atoms with Gasteiger partial charge in [0.2, 0.25) is 0 Å². The highest BCUT2D eigenvalue weighted by molar-refractivity contribution is 6.30. The lowest BCUT2D eigenvalue weighted by Gasteiger charge is -2.20. The number of halogens is 1. The summed E-state index contributed by atoms with van der Waals surface area (Å²) in [5.41, 5.74) is 1.23. The van der Waals surface area contributed by atoms with Crippen LogP contribution in [0.25, 0.3) is 0 Å². The Balaban J connectivity index is 2.51. The van der Waals surface area contributed by atoms with Crippen LogP contribution in [0.5, 0.6) is 0 Å². The summed E-state index contributed by atoms with van der Waals surface area (Å²) < 4.78 is 0. The molecule has 0 aliphatic rings. The molecule has 2 heteroatoms. The van der Waals surface area contributed by atoms with Gasteiger partial charge in [0.05, 0.1) is 0 Å². The minimum absolute atomic E-state index is 0.332. The van der Waals surface area contributed by atoms with E-state index < -0.39 is 0 Å². The fourth-order valence-electron chi connectivity index (χ4n) is 1.75. The van der Waals surface area contributed by atoms with E-state index >= 15 is 0 Å². The van der Waals surface area contributed by atoms with E-state index in [0.29, 0.717) is 12.1 Å². The molecule has 2 atom stereocenters. The highest BCUT2D eigenvalue weighted by atomic mass is 35.5. The summed E-state index contributed by atoms with van der Waals surface area (Å²) in [4.78, 5) is 0. The summed E-state index contributed by atoms with van der Waals surface area (Å²) in [6.07, 6.45) is 4.13. The van der Waals surface area contributed by atoms with Crippen LogP contribution in [-0.2, 0) is 0 Å². The average Bonchev–Trinajstić information content (AvgIpc) is 2.26. The van der Waals surface area contributed by atoms with Crippen molar-refractivity contribution in [3.63, 3.8) is 0 Å². The maximum atomic E-state index is 5.97. The van der Waals surface area contributed by atoms with Crippen molar-refractivity contribution in [3.8, 4) is 0 Å². The summed E-state index contributed by atoms with van der Waals surface area (Å²) in [6, 6.07) is 8.83. The molecule has 0 radical (unpaired) electrons. The molecule has 1 unspecified atom stereocenters. The molecule has 1 nitrogen and oxygen atoms in total. The molecule has 0 aliphatic heterocycles. The monoisotopic (exact) mass is 237 g/mol. The van der Waals surface area contributed by atoms with Crippen LogP contribution >= 0.6 is 11.6 Å². The second-order valence-corrected chi connectivity index (χ2v) is 4.65. The van der Waals surface area contributed by atoms with Crippen molar-refractivity contribution >= 4 is 11.6 Å². The SMILES string of the molecule is C=CCCC(C)N[C@H](C)c1cccc(Cl)c1. The van der Waals surface area contributed by atoms with Crippen LogP contribution in [-0.4, -0.2) is 6.04 Å². The lowest BCUT2D eigenvalue weighted by Crippen LogP contribution is -2.28. The van der Waals surface area contributed by atoms with Gasteiger partial charge in [-0.1, -0.05) is 29.8 Å². The van der Waals surface area contributed by atoms with Gasteiger partial charge in [0.25, 0.3) is 0 Å². The van der Waals surface area contributed by atoms with Crippen molar-refractivity contribution < 1.29 is 0 Å². The molecule has 0 amide bonds. The average molecular weight is 238 g/mol. The second-order valence-electron chi connectivity index (χ2n) is 4.21. The van der Waals surface area contributed by atoms with Crippen molar-refractivity contribution in [2.75, 3.05) is 0 Å². The lowest BCUT2D eigenvalue weighted by molar-refractivity contribution is 0.459. The fourth-order valence-corrected chi connectivity index (χ4v) is 1.95. The molecule has 0 spiro atoms. The van der Waals surface area contributed by atoms with Gasteiger partial charge in [-0.05, 0) is 44.4 Å². The summed E-state index contributed by atoms with van der Waals surface area (Å²) in [7, 11) is 0. The Bertz CT molecular complexity index is 335. The standard InChI is InChI=1S/C14H20ClN/c1-4-5-7-11(2)16-12(3)13-8-6-9-14(15)10-13/h4,6,8-12,16H,1,5,7H2,2-3H3/t11?,12-/m1/s1. The number of hydrogen-bond acceptors (Lipinski definition) is 1. The molecular formula is C14H20ClN. The maximum Gasteiger partial charge on any atom is 0.0409 e. The van der Waals surface area contributed by atoms with E-state index in [2.05, 4.69) is 31.8 Å². The Kier molecular flexibility index (Phi) is 5.58. The fraction of sp³-hybridized carbons (Fsp3) is 0.429. The summed E-state index contributed by atoms with van der Waals surface area (Å²) in [5.74, 6) is 0. The normalized spacial score (nSPS) is 14.4. The smallest absolute Gasteiger partial charge is 0.0409 e. The summed E-state index contributed by atoms with van der Waals surface area (Å²) in [5, 5.41) is 4.35. The van der Waals surface area contributed by atoms with Gasteiger partial charge in [-0.2, -0.15) is 0 Å². The third kappa shape index (κ3) is 4.38. The van der Waals surface area contributed by atoms with Gasteiger partial charge in [-0.25, -0.2) is 0 Å². The van der Waals surface area contributed by atoms with E-state index in [4.69, 9.17) is 11.6 Å². The van der Waals surface area contributed by atoms with Gasteiger partial charge in [-0.15, -0.1) is 6.58 Å². The second kappa shape index (κ2) is 6.72. The van der Waals surface area contributed by atoms with Crippen LogP contribution in [0.4, 0.5) is 0 Å². The van der Waals surface area contributed by atoms with Gasteiger partial charge < -0.3 is 5.32 Å². The summed E-state index contributed by atoms with van der Waals surface area (Å²) in [6.45, 7) is 8.10. The molecule has 0 saturated heterocycles. The molecule has 0 aromatic heterocycles. The number of hydrogen-bond donors (Lipinski definition) is 1. The molecule has 0 fully saturated rings. The third-order valence-electron chi connectivity index (χ3n) is 2.69. The Morgan fingerprint density at radius 1 is 1.44 bits per heavy atom. The predicted octanol–water partition coefficient (Wildman–Crippen LogP) is 4.35. The van der Waals surface area contributed by atoms with E-state index in [1.807, 2.05) is 24.3 Å². The van der Waals surface area contributed by atoms with Gasteiger partial charge >= 0.3 is 0 Å². The molecule has 1 aromatic carbocycles. The van der Waals surface area contributed by atoms with E-state index in [-0.39, 0.29) is 0 Å².